The fourth-order valence-corrected chi connectivity index (χ4v) is 3.92. The second-order valence-electron chi connectivity index (χ2n) is 6.48. The molecule has 4 heterocycles. The molecule has 0 atom stereocenters. The van der Waals surface area contributed by atoms with E-state index in [0.29, 0.717) is 6.54 Å². The lowest BCUT2D eigenvalue weighted by atomic mass is 10.3. The maximum Gasteiger partial charge on any atom is 0.266 e. The average Bonchev–Trinajstić information content (AvgIpc) is 3.18. The van der Waals surface area contributed by atoms with Gasteiger partial charge in [-0.15, -0.1) is 11.3 Å². The molecule has 0 bridgehead atoms. The van der Waals surface area contributed by atoms with Crippen LogP contribution in [0.5, 0.6) is 0 Å². The van der Waals surface area contributed by atoms with Gasteiger partial charge >= 0.3 is 0 Å². The van der Waals surface area contributed by atoms with Crippen molar-refractivity contribution in [2.75, 3.05) is 32.7 Å². The molecule has 1 fully saturated rings. The Labute approximate surface area is 150 Å². The minimum Gasteiger partial charge on any atom is -0.299 e. The molecule has 7 nitrogen and oxygen atoms in total. The summed E-state index contributed by atoms with van der Waals surface area (Å²) in [4.78, 5) is 22.4. The van der Waals surface area contributed by atoms with Crippen LogP contribution in [-0.2, 0) is 13.1 Å². The summed E-state index contributed by atoms with van der Waals surface area (Å²) in [7, 11) is 0. The monoisotopic (exact) mass is 358 g/mol. The van der Waals surface area contributed by atoms with Gasteiger partial charge in [0, 0.05) is 63.1 Å². The maximum atomic E-state index is 11.8. The van der Waals surface area contributed by atoms with Gasteiger partial charge in [-0.2, -0.15) is 5.10 Å². The van der Waals surface area contributed by atoms with Crippen molar-refractivity contribution in [3.63, 3.8) is 0 Å². The fraction of sp³-hybridized carbons (Fsp3) is 0.471. The quantitative estimate of drug-likeness (QED) is 0.683. The lowest BCUT2D eigenvalue weighted by Gasteiger charge is -2.34. The molecule has 4 rings (SSSR count). The van der Waals surface area contributed by atoms with Crippen LogP contribution in [0.25, 0.3) is 4.96 Å². The van der Waals surface area contributed by atoms with E-state index in [4.69, 9.17) is 0 Å². The van der Waals surface area contributed by atoms with E-state index in [1.807, 2.05) is 6.92 Å². The molecule has 25 heavy (non-hydrogen) atoms. The molecule has 0 amide bonds. The molecule has 0 saturated carbocycles. The lowest BCUT2D eigenvalue weighted by Crippen LogP contribution is -2.47. The number of rotatable bonds is 5. The van der Waals surface area contributed by atoms with E-state index < -0.39 is 0 Å². The Morgan fingerprint density at radius 2 is 1.92 bits per heavy atom. The largest absolute Gasteiger partial charge is 0.299 e. The van der Waals surface area contributed by atoms with Crippen molar-refractivity contribution in [1.82, 2.24) is 29.0 Å². The van der Waals surface area contributed by atoms with Gasteiger partial charge in [0.05, 0.1) is 17.9 Å². The molecule has 1 aliphatic heterocycles. The summed E-state index contributed by atoms with van der Waals surface area (Å²) in [6.07, 6.45) is 4.17. The van der Waals surface area contributed by atoms with E-state index >= 15 is 0 Å². The number of imidazole rings is 1. The number of thiazole rings is 1. The van der Waals surface area contributed by atoms with Crippen LogP contribution in [0.3, 0.4) is 0 Å². The average molecular weight is 358 g/mol. The van der Waals surface area contributed by atoms with Crippen molar-refractivity contribution in [1.29, 1.82) is 0 Å². The van der Waals surface area contributed by atoms with Crippen molar-refractivity contribution < 1.29 is 0 Å². The Kier molecular flexibility index (Phi) is 4.65. The predicted molar refractivity (Wildman–Crippen MR) is 98.0 cm³/mol. The molecule has 0 aromatic carbocycles. The van der Waals surface area contributed by atoms with E-state index in [-0.39, 0.29) is 5.56 Å². The third-order valence-corrected chi connectivity index (χ3v) is 5.39. The molecule has 3 aromatic rings. The number of aromatic nitrogens is 4. The number of aryl methyl sites for hydroxylation is 1. The Hall–Kier alpha value is -2.03. The van der Waals surface area contributed by atoms with Crippen LogP contribution in [0.2, 0.25) is 0 Å². The van der Waals surface area contributed by atoms with Gasteiger partial charge in [-0.1, -0.05) is 0 Å². The lowest BCUT2D eigenvalue weighted by molar-refractivity contribution is 0.122. The standard InChI is InChI=1S/C17H22N6OS/c1-14-2-3-16(24)23(19-14)9-8-20-4-6-21(7-5-20)12-15-13-22-10-11-25-17(22)18-15/h2-3,10-11,13H,4-9,12H2,1H3. The van der Waals surface area contributed by atoms with Gasteiger partial charge < -0.3 is 0 Å². The molecular formula is C17H22N6OS. The van der Waals surface area contributed by atoms with Crippen LogP contribution in [0.4, 0.5) is 0 Å². The number of fused-ring (bicyclic) bond motifs is 1. The van der Waals surface area contributed by atoms with Crippen LogP contribution >= 0.6 is 11.3 Å². The summed E-state index contributed by atoms with van der Waals surface area (Å²) in [5.41, 5.74) is 1.99. The first-order valence-electron chi connectivity index (χ1n) is 8.58. The fourth-order valence-electron chi connectivity index (χ4n) is 3.20. The van der Waals surface area contributed by atoms with Crippen molar-refractivity contribution in [2.24, 2.45) is 0 Å². The van der Waals surface area contributed by atoms with Crippen molar-refractivity contribution in [3.8, 4) is 0 Å². The zero-order valence-corrected chi connectivity index (χ0v) is 15.2. The van der Waals surface area contributed by atoms with Crippen molar-refractivity contribution >= 4 is 16.3 Å². The highest BCUT2D eigenvalue weighted by atomic mass is 32.1. The van der Waals surface area contributed by atoms with Crippen LogP contribution in [-0.4, -0.2) is 61.7 Å². The van der Waals surface area contributed by atoms with Gasteiger partial charge in [0.15, 0.2) is 4.96 Å². The molecule has 0 spiro atoms. The molecule has 0 radical (unpaired) electrons. The molecule has 0 unspecified atom stereocenters. The molecule has 8 heteroatoms. The second kappa shape index (κ2) is 7.07. The number of hydrogen-bond donors (Lipinski definition) is 0. The van der Waals surface area contributed by atoms with E-state index in [1.165, 1.54) is 0 Å². The topological polar surface area (TPSA) is 58.7 Å². The van der Waals surface area contributed by atoms with Gasteiger partial charge in [0.2, 0.25) is 0 Å². The third-order valence-electron chi connectivity index (χ3n) is 4.62. The minimum absolute atomic E-state index is 0.0241. The van der Waals surface area contributed by atoms with Gasteiger partial charge in [0.25, 0.3) is 5.56 Å². The van der Waals surface area contributed by atoms with Crippen LogP contribution in [0.1, 0.15) is 11.4 Å². The van der Waals surface area contributed by atoms with Crippen molar-refractivity contribution in [2.45, 2.75) is 20.0 Å². The highest BCUT2D eigenvalue weighted by Crippen LogP contribution is 2.13. The van der Waals surface area contributed by atoms with Crippen molar-refractivity contribution in [3.05, 3.63) is 51.6 Å². The van der Waals surface area contributed by atoms with Gasteiger partial charge in [0.1, 0.15) is 0 Å². The molecule has 132 valence electrons. The van der Waals surface area contributed by atoms with Crippen LogP contribution in [0.15, 0.2) is 34.7 Å². The predicted octanol–water partition coefficient (Wildman–Crippen LogP) is 1.08. The molecule has 0 aliphatic carbocycles. The first-order chi connectivity index (χ1) is 12.2. The summed E-state index contributed by atoms with van der Waals surface area (Å²) >= 11 is 1.67. The highest BCUT2D eigenvalue weighted by molar-refractivity contribution is 7.15. The second-order valence-corrected chi connectivity index (χ2v) is 7.35. The van der Waals surface area contributed by atoms with E-state index in [9.17, 15) is 4.79 Å². The number of piperazine rings is 1. The Morgan fingerprint density at radius 3 is 2.72 bits per heavy atom. The first kappa shape index (κ1) is 16.4. The molecule has 3 aromatic heterocycles. The third kappa shape index (κ3) is 3.81. The highest BCUT2D eigenvalue weighted by Gasteiger charge is 2.18. The SMILES string of the molecule is Cc1ccc(=O)n(CCN2CCN(Cc3cn4ccsc4n3)CC2)n1. The van der Waals surface area contributed by atoms with Gasteiger partial charge in [-0.25, -0.2) is 9.67 Å². The Balaban J connectivity index is 1.27. The van der Waals surface area contributed by atoms with E-state index in [1.54, 1.807) is 28.2 Å². The number of hydrogen-bond acceptors (Lipinski definition) is 6. The Bertz CT molecular complexity index is 877. The van der Waals surface area contributed by atoms with Crippen LogP contribution in [0, 0.1) is 6.92 Å². The summed E-state index contributed by atoms with van der Waals surface area (Å²) in [6.45, 7) is 8.42. The molecule has 1 aliphatic rings. The van der Waals surface area contributed by atoms with Gasteiger partial charge in [-0.05, 0) is 13.0 Å². The maximum absolute atomic E-state index is 11.8. The van der Waals surface area contributed by atoms with Gasteiger partial charge in [-0.3, -0.25) is 19.0 Å². The summed E-state index contributed by atoms with van der Waals surface area (Å²) < 4.78 is 3.66. The minimum atomic E-state index is -0.0241. The molecule has 0 N–H and O–H groups in total. The summed E-state index contributed by atoms with van der Waals surface area (Å²) in [5.74, 6) is 0. The van der Waals surface area contributed by atoms with E-state index in [0.717, 1.165) is 55.6 Å². The van der Waals surface area contributed by atoms with E-state index in [2.05, 4.69) is 42.1 Å². The van der Waals surface area contributed by atoms with Crippen LogP contribution < -0.4 is 5.56 Å². The normalized spacial score (nSPS) is 16.7. The Morgan fingerprint density at radius 1 is 1.12 bits per heavy atom. The first-order valence-corrected chi connectivity index (χ1v) is 9.46. The zero-order chi connectivity index (χ0) is 17.2. The summed E-state index contributed by atoms with van der Waals surface area (Å²) in [5, 5.41) is 6.36. The number of nitrogens with zero attached hydrogens (tertiary/aromatic N) is 6. The summed E-state index contributed by atoms with van der Waals surface area (Å²) in [6, 6.07) is 3.35. The molecular weight excluding hydrogens is 336 g/mol. The molecule has 1 saturated heterocycles. The smallest absolute Gasteiger partial charge is 0.266 e. The zero-order valence-electron chi connectivity index (χ0n) is 14.3.